The molecule has 0 atom stereocenters. The van der Waals surface area contributed by atoms with Crippen molar-refractivity contribution < 1.29 is 13.9 Å². The van der Waals surface area contributed by atoms with Gasteiger partial charge in [-0.05, 0) is 31.0 Å². The molecule has 1 aromatic carbocycles. The van der Waals surface area contributed by atoms with E-state index in [0.717, 1.165) is 37.5 Å². The molecule has 0 saturated heterocycles. The number of aromatic amines is 1. The lowest BCUT2D eigenvalue weighted by atomic mass is 9.69. The van der Waals surface area contributed by atoms with Gasteiger partial charge in [0, 0.05) is 5.56 Å². The highest BCUT2D eigenvalue weighted by Gasteiger charge is 2.40. The van der Waals surface area contributed by atoms with E-state index < -0.39 is 11.6 Å². The van der Waals surface area contributed by atoms with Gasteiger partial charge in [-0.15, -0.1) is 0 Å². The van der Waals surface area contributed by atoms with Gasteiger partial charge in [-0.25, -0.2) is 13.8 Å². The zero-order chi connectivity index (χ0) is 13.5. The molecule has 0 radical (unpaired) electrons. The molecular formula is C14H14F2N2O. The van der Waals surface area contributed by atoms with Crippen molar-refractivity contribution in [1.82, 2.24) is 9.97 Å². The number of imidazole rings is 1. The van der Waals surface area contributed by atoms with Crippen molar-refractivity contribution in [2.45, 2.75) is 24.7 Å². The average Bonchev–Trinajstić information content (AvgIpc) is 2.81. The topological polar surface area (TPSA) is 48.9 Å². The van der Waals surface area contributed by atoms with Gasteiger partial charge >= 0.3 is 0 Å². The van der Waals surface area contributed by atoms with Crippen LogP contribution in [-0.2, 0) is 5.41 Å². The van der Waals surface area contributed by atoms with Gasteiger partial charge in [0.25, 0.3) is 0 Å². The minimum absolute atomic E-state index is 0.0194. The Bertz CT molecular complexity index is 600. The predicted octanol–water partition coefficient (Wildman–Crippen LogP) is 2.77. The molecule has 3 nitrogen and oxygen atoms in total. The minimum Gasteiger partial charge on any atom is -0.395 e. The predicted molar refractivity (Wildman–Crippen MR) is 66.6 cm³/mol. The fourth-order valence-corrected chi connectivity index (χ4v) is 2.50. The smallest absolute Gasteiger partial charge is 0.132 e. The number of hydrogen-bond acceptors (Lipinski definition) is 2. The van der Waals surface area contributed by atoms with E-state index in [2.05, 4.69) is 9.97 Å². The number of aliphatic hydroxyl groups is 1. The normalized spacial score (nSPS) is 17.2. The second kappa shape index (κ2) is 4.42. The van der Waals surface area contributed by atoms with E-state index >= 15 is 0 Å². The molecule has 5 heteroatoms. The van der Waals surface area contributed by atoms with Gasteiger partial charge in [0.15, 0.2) is 0 Å². The number of halogens is 2. The molecule has 0 bridgehead atoms. The molecule has 2 aromatic rings. The summed E-state index contributed by atoms with van der Waals surface area (Å²) < 4.78 is 26.9. The molecule has 0 aliphatic heterocycles. The van der Waals surface area contributed by atoms with Crippen molar-refractivity contribution in [3.8, 4) is 11.3 Å². The maximum absolute atomic E-state index is 13.7. The largest absolute Gasteiger partial charge is 0.395 e. The first-order valence-corrected chi connectivity index (χ1v) is 6.26. The van der Waals surface area contributed by atoms with Crippen molar-refractivity contribution in [3.05, 3.63) is 41.9 Å². The summed E-state index contributed by atoms with van der Waals surface area (Å²) in [6.45, 7) is 0.0194. The first-order valence-electron chi connectivity index (χ1n) is 6.26. The van der Waals surface area contributed by atoms with Gasteiger partial charge in [0.05, 0.1) is 23.9 Å². The van der Waals surface area contributed by atoms with Gasteiger partial charge in [0.2, 0.25) is 0 Å². The van der Waals surface area contributed by atoms with Gasteiger partial charge in [-0.1, -0.05) is 6.42 Å². The molecule has 1 aromatic heterocycles. The van der Waals surface area contributed by atoms with E-state index in [1.165, 1.54) is 6.20 Å². The van der Waals surface area contributed by atoms with Gasteiger partial charge < -0.3 is 10.1 Å². The molecule has 0 unspecified atom stereocenters. The first kappa shape index (κ1) is 12.3. The molecular weight excluding hydrogens is 250 g/mol. The average molecular weight is 264 g/mol. The highest BCUT2D eigenvalue weighted by molar-refractivity contribution is 5.59. The maximum atomic E-state index is 13.7. The Morgan fingerprint density at radius 2 is 2.11 bits per heavy atom. The molecule has 1 heterocycles. The van der Waals surface area contributed by atoms with Gasteiger partial charge in [-0.2, -0.15) is 0 Å². The molecule has 0 amide bonds. The number of benzene rings is 1. The highest BCUT2D eigenvalue weighted by Crippen LogP contribution is 2.42. The Morgan fingerprint density at radius 1 is 1.32 bits per heavy atom. The number of H-pyrrole nitrogens is 1. The number of aromatic nitrogens is 2. The third-order valence-corrected chi connectivity index (χ3v) is 3.91. The van der Waals surface area contributed by atoms with Crippen LogP contribution in [0.15, 0.2) is 24.4 Å². The Labute approximate surface area is 109 Å². The summed E-state index contributed by atoms with van der Waals surface area (Å²) in [5.74, 6) is -0.337. The number of hydrogen-bond donors (Lipinski definition) is 2. The van der Waals surface area contributed by atoms with E-state index in [0.29, 0.717) is 11.5 Å². The van der Waals surface area contributed by atoms with Crippen LogP contribution in [0.1, 0.15) is 25.1 Å². The van der Waals surface area contributed by atoms with Crippen LogP contribution in [-0.4, -0.2) is 21.7 Å². The van der Waals surface area contributed by atoms with Crippen LogP contribution < -0.4 is 0 Å². The number of aliphatic hydroxyl groups excluding tert-OH is 1. The Kier molecular flexibility index (Phi) is 2.86. The van der Waals surface area contributed by atoms with Crippen LogP contribution in [0.3, 0.4) is 0 Å². The molecule has 2 N–H and O–H groups in total. The summed E-state index contributed by atoms with van der Waals surface area (Å²) in [6.07, 6.45) is 4.26. The van der Waals surface area contributed by atoms with Crippen molar-refractivity contribution in [2.24, 2.45) is 0 Å². The van der Waals surface area contributed by atoms with Crippen LogP contribution in [0.2, 0.25) is 0 Å². The van der Waals surface area contributed by atoms with Gasteiger partial charge in [-0.3, -0.25) is 0 Å². The Balaban J connectivity index is 1.99. The summed E-state index contributed by atoms with van der Waals surface area (Å²) in [7, 11) is 0. The standard InChI is InChI=1S/C14H14F2N2O/c15-9-2-3-11(16)10(6-9)12-7-17-13(18-12)14(8-19)4-1-5-14/h2-3,6-7,19H,1,4-5,8H2,(H,17,18). The number of rotatable bonds is 3. The highest BCUT2D eigenvalue weighted by atomic mass is 19.1. The molecule has 1 fully saturated rings. The zero-order valence-electron chi connectivity index (χ0n) is 10.3. The van der Waals surface area contributed by atoms with E-state index in [1.54, 1.807) is 0 Å². The SMILES string of the molecule is OCC1(c2ncc(-c3cc(F)ccc3F)[nH]2)CCC1. The summed E-state index contributed by atoms with van der Waals surface area (Å²) in [6, 6.07) is 3.31. The summed E-state index contributed by atoms with van der Waals surface area (Å²) in [5, 5.41) is 9.47. The van der Waals surface area contributed by atoms with Crippen LogP contribution in [0.5, 0.6) is 0 Å². The summed E-state index contributed by atoms with van der Waals surface area (Å²) >= 11 is 0. The van der Waals surface area contributed by atoms with Crippen LogP contribution in [0.4, 0.5) is 8.78 Å². The molecule has 100 valence electrons. The quantitative estimate of drug-likeness (QED) is 0.895. The molecule has 1 saturated carbocycles. The summed E-state index contributed by atoms with van der Waals surface area (Å²) in [5.41, 5.74) is 0.264. The molecule has 0 spiro atoms. The number of nitrogens with one attached hydrogen (secondary N) is 1. The lowest BCUT2D eigenvalue weighted by Crippen LogP contribution is -2.39. The number of nitrogens with zero attached hydrogens (tertiary/aromatic N) is 1. The molecule has 1 aliphatic carbocycles. The first-order chi connectivity index (χ1) is 9.14. The van der Waals surface area contributed by atoms with Crippen LogP contribution >= 0.6 is 0 Å². The third-order valence-electron chi connectivity index (χ3n) is 3.91. The zero-order valence-corrected chi connectivity index (χ0v) is 10.3. The third kappa shape index (κ3) is 1.94. The second-order valence-corrected chi connectivity index (χ2v) is 5.06. The maximum Gasteiger partial charge on any atom is 0.132 e. The lowest BCUT2D eigenvalue weighted by Gasteiger charge is -2.38. The fraction of sp³-hybridized carbons (Fsp3) is 0.357. The van der Waals surface area contributed by atoms with Crippen molar-refractivity contribution in [1.29, 1.82) is 0 Å². The summed E-state index contributed by atoms with van der Waals surface area (Å²) in [4.78, 5) is 7.24. The van der Waals surface area contributed by atoms with E-state index in [-0.39, 0.29) is 17.6 Å². The van der Waals surface area contributed by atoms with Gasteiger partial charge in [0.1, 0.15) is 17.5 Å². The Morgan fingerprint density at radius 3 is 2.74 bits per heavy atom. The minimum atomic E-state index is -0.497. The van der Waals surface area contributed by atoms with E-state index in [9.17, 15) is 13.9 Å². The van der Waals surface area contributed by atoms with E-state index in [1.807, 2.05) is 0 Å². The Hall–Kier alpha value is -1.75. The monoisotopic (exact) mass is 264 g/mol. The second-order valence-electron chi connectivity index (χ2n) is 5.06. The molecule has 1 aliphatic rings. The van der Waals surface area contributed by atoms with Crippen LogP contribution in [0.25, 0.3) is 11.3 Å². The molecule has 3 rings (SSSR count). The van der Waals surface area contributed by atoms with E-state index in [4.69, 9.17) is 0 Å². The molecule has 19 heavy (non-hydrogen) atoms. The van der Waals surface area contributed by atoms with Crippen molar-refractivity contribution >= 4 is 0 Å². The van der Waals surface area contributed by atoms with Crippen molar-refractivity contribution in [3.63, 3.8) is 0 Å². The van der Waals surface area contributed by atoms with Crippen LogP contribution in [0, 0.1) is 11.6 Å². The fourth-order valence-electron chi connectivity index (χ4n) is 2.50. The lowest BCUT2D eigenvalue weighted by molar-refractivity contribution is 0.113. The van der Waals surface area contributed by atoms with Crippen molar-refractivity contribution in [2.75, 3.05) is 6.61 Å².